The van der Waals surface area contributed by atoms with E-state index in [1.54, 1.807) is 6.20 Å². The summed E-state index contributed by atoms with van der Waals surface area (Å²) in [5.74, 6) is 0.660. The Labute approximate surface area is 142 Å². The van der Waals surface area contributed by atoms with Crippen molar-refractivity contribution in [2.24, 2.45) is 0 Å². The minimum Gasteiger partial charge on any atom is -0.396 e. The number of aliphatic hydroxyl groups excluding tert-OH is 1. The molecule has 0 fully saturated rings. The number of aryl methyl sites for hydroxylation is 1. The summed E-state index contributed by atoms with van der Waals surface area (Å²) >= 11 is 0. The lowest BCUT2D eigenvalue weighted by molar-refractivity contribution is 0.208. The molecule has 6 heteroatoms. The molecule has 6 nitrogen and oxygen atoms in total. The fourth-order valence-electron chi connectivity index (χ4n) is 2.30. The standard InChI is InChI=1S/C18H24N4O2/c1-4-18(3,10-12-23)22-17(24)21-15-7-5-14(6-8-15)16-19-11-9-13(2)20-16/h5-9,11,23H,4,10,12H2,1-3H3,(H2,21,22,24). The van der Waals surface area contributed by atoms with Gasteiger partial charge in [-0.1, -0.05) is 6.92 Å². The first-order chi connectivity index (χ1) is 11.5. The first-order valence-electron chi connectivity index (χ1n) is 8.06. The van der Waals surface area contributed by atoms with E-state index in [0.717, 1.165) is 17.7 Å². The predicted octanol–water partition coefficient (Wildman–Crippen LogP) is 3.12. The van der Waals surface area contributed by atoms with Crippen LogP contribution in [0, 0.1) is 6.92 Å². The number of hydrogen-bond acceptors (Lipinski definition) is 4. The Hall–Kier alpha value is -2.47. The molecule has 1 unspecified atom stereocenters. The Morgan fingerprint density at radius 2 is 1.96 bits per heavy atom. The lowest BCUT2D eigenvalue weighted by Crippen LogP contribution is -2.48. The van der Waals surface area contributed by atoms with Crippen molar-refractivity contribution >= 4 is 11.7 Å². The number of aliphatic hydroxyl groups is 1. The fraction of sp³-hybridized carbons (Fsp3) is 0.389. The summed E-state index contributed by atoms with van der Waals surface area (Å²) in [6, 6.07) is 8.94. The van der Waals surface area contributed by atoms with Gasteiger partial charge in [-0.2, -0.15) is 0 Å². The van der Waals surface area contributed by atoms with Gasteiger partial charge >= 0.3 is 6.03 Å². The number of amides is 2. The first kappa shape index (κ1) is 17.9. The van der Waals surface area contributed by atoms with Crippen molar-refractivity contribution in [2.45, 2.75) is 39.2 Å². The third-order valence-corrected chi connectivity index (χ3v) is 4.05. The molecule has 0 aliphatic heterocycles. The van der Waals surface area contributed by atoms with Gasteiger partial charge in [-0.25, -0.2) is 14.8 Å². The summed E-state index contributed by atoms with van der Waals surface area (Å²) in [5, 5.41) is 14.8. The molecule has 1 aromatic heterocycles. The minimum absolute atomic E-state index is 0.0375. The molecule has 1 heterocycles. The second-order valence-electron chi connectivity index (χ2n) is 6.07. The van der Waals surface area contributed by atoms with E-state index >= 15 is 0 Å². The van der Waals surface area contributed by atoms with Crippen LogP contribution in [0.2, 0.25) is 0 Å². The second kappa shape index (κ2) is 7.88. The van der Waals surface area contributed by atoms with Crippen molar-refractivity contribution in [3.8, 4) is 11.4 Å². The molecule has 0 radical (unpaired) electrons. The van der Waals surface area contributed by atoms with Crippen LogP contribution in [0.3, 0.4) is 0 Å². The van der Waals surface area contributed by atoms with Gasteiger partial charge in [-0.3, -0.25) is 0 Å². The number of aromatic nitrogens is 2. The monoisotopic (exact) mass is 328 g/mol. The average molecular weight is 328 g/mol. The zero-order valence-electron chi connectivity index (χ0n) is 14.3. The van der Waals surface area contributed by atoms with E-state index in [-0.39, 0.29) is 12.6 Å². The van der Waals surface area contributed by atoms with E-state index < -0.39 is 5.54 Å². The van der Waals surface area contributed by atoms with E-state index in [9.17, 15) is 4.79 Å². The van der Waals surface area contributed by atoms with Gasteiger partial charge in [0.15, 0.2) is 5.82 Å². The number of anilines is 1. The lowest BCUT2D eigenvalue weighted by atomic mass is 9.95. The highest BCUT2D eigenvalue weighted by Crippen LogP contribution is 2.19. The van der Waals surface area contributed by atoms with Crippen molar-refractivity contribution in [3.05, 3.63) is 42.2 Å². The number of benzene rings is 1. The van der Waals surface area contributed by atoms with E-state index in [4.69, 9.17) is 5.11 Å². The molecule has 0 spiro atoms. The van der Waals surface area contributed by atoms with Gasteiger partial charge in [0.05, 0.1) is 0 Å². The summed E-state index contributed by atoms with van der Waals surface area (Å²) < 4.78 is 0. The molecule has 0 bridgehead atoms. The Balaban J connectivity index is 2.02. The molecule has 0 saturated carbocycles. The molecule has 128 valence electrons. The maximum Gasteiger partial charge on any atom is 0.319 e. The van der Waals surface area contributed by atoms with Gasteiger partial charge in [0.2, 0.25) is 0 Å². The van der Waals surface area contributed by atoms with Gasteiger partial charge < -0.3 is 15.7 Å². The van der Waals surface area contributed by atoms with Crippen LogP contribution in [0.15, 0.2) is 36.5 Å². The third-order valence-electron chi connectivity index (χ3n) is 4.05. The molecule has 2 amide bonds. The molecular formula is C18H24N4O2. The van der Waals surface area contributed by atoms with Crippen molar-refractivity contribution < 1.29 is 9.90 Å². The molecule has 1 aromatic carbocycles. The van der Waals surface area contributed by atoms with Crippen LogP contribution in [0.5, 0.6) is 0 Å². The van der Waals surface area contributed by atoms with Gasteiger partial charge in [-0.05, 0) is 57.0 Å². The molecule has 3 N–H and O–H groups in total. The number of carbonyl (C=O) groups is 1. The van der Waals surface area contributed by atoms with Crippen molar-refractivity contribution in [2.75, 3.05) is 11.9 Å². The summed E-state index contributed by atoms with van der Waals surface area (Å²) in [7, 11) is 0. The highest BCUT2D eigenvalue weighted by Gasteiger charge is 2.23. The number of carbonyl (C=O) groups excluding carboxylic acids is 1. The normalized spacial score (nSPS) is 13.2. The highest BCUT2D eigenvalue weighted by molar-refractivity contribution is 5.90. The van der Waals surface area contributed by atoms with Crippen LogP contribution < -0.4 is 10.6 Å². The Morgan fingerprint density at radius 3 is 2.54 bits per heavy atom. The van der Waals surface area contributed by atoms with E-state index in [2.05, 4.69) is 20.6 Å². The minimum atomic E-state index is -0.422. The average Bonchev–Trinajstić information content (AvgIpc) is 2.55. The summed E-state index contributed by atoms with van der Waals surface area (Å²) in [4.78, 5) is 20.8. The van der Waals surface area contributed by atoms with Crippen LogP contribution in [-0.2, 0) is 0 Å². The maximum absolute atomic E-state index is 12.1. The third kappa shape index (κ3) is 4.76. The van der Waals surface area contributed by atoms with Crippen molar-refractivity contribution in [1.82, 2.24) is 15.3 Å². The van der Waals surface area contributed by atoms with Gasteiger partial charge in [0.1, 0.15) is 0 Å². The number of nitrogens with zero attached hydrogens (tertiary/aromatic N) is 2. The van der Waals surface area contributed by atoms with Gasteiger partial charge in [-0.15, -0.1) is 0 Å². The molecule has 1 atom stereocenters. The smallest absolute Gasteiger partial charge is 0.319 e. The first-order valence-corrected chi connectivity index (χ1v) is 8.06. The SMILES string of the molecule is CCC(C)(CCO)NC(=O)Nc1ccc(-c2nccc(C)n2)cc1. The molecule has 0 saturated heterocycles. The maximum atomic E-state index is 12.1. The quantitative estimate of drug-likeness (QED) is 0.760. The van der Waals surface area contributed by atoms with Crippen LogP contribution >= 0.6 is 0 Å². The summed E-state index contributed by atoms with van der Waals surface area (Å²) in [5.41, 5.74) is 2.06. The van der Waals surface area contributed by atoms with Crippen LogP contribution in [0.4, 0.5) is 10.5 Å². The molecule has 0 aliphatic carbocycles. The van der Waals surface area contributed by atoms with Crippen LogP contribution in [-0.4, -0.2) is 33.3 Å². The van der Waals surface area contributed by atoms with E-state index in [1.807, 2.05) is 51.1 Å². The number of urea groups is 1. The predicted molar refractivity (Wildman–Crippen MR) is 94.8 cm³/mol. The Bertz CT molecular complexity index is 688. The summed E-state index contributed by atoms with van der Waals surface area (Å²) in [6.07, 6.45) is 2.98. The second-order valence-corrected chi connectivity index (χ2v) is 6.07. The fourth-order valence-corrected chi connectivity index (χ4v) is 2.30. The molecule has 24 heavy (non-hydrogen) atoms. The zero-order valence-corrected chi connectivity index (χ0v) is 14.3. The van der Waals surface area contributed by atoms with Gasteiger partial charge in [0.25, 0.3) is 0 Å². The highest BCUT2D eigenvalue weighted by atomic mass is 16.3. The number of hydrogen-bond donors (Lipinski definition) is 3. The topological polar surface area (TPSA) is 87.1 Å². The molecule has 0 aliphatic rings. The van der Waals surface area contributed by atoms with Crippen LogP contribution in [0.25, 0.3) is 11.4 Å². The summed E-state index contributed by atoms with van der Waals surface area (Å²) in [6.45, 7) is 5.85. The Kier molecular flexibility index (Phi) is 5.87. The van der Waals surface area contributed by atoms with Gasteiger partial charge in [0, 0.05) is 35.3 Å². The van der Waals surface area contributed by atoms with E-state index in [1.165, 1.54) is 0 Å². The largest absolute Gasteiger partial charge is 0.396 e. The Morgan fingerprint density at radius 1 is 1.25 bits per heavy atom. The molecule has 2 aromatic rings. The number of nitrogens with one attached hydrogen (secondary N) is 2. The molecule has 2 rings (SSSR count). The lowest BCUT2D eigenvalue weighted by Gasteiger charge is -2.29. The number of rotatable bonds is 6. The van der Waals surface area contributed by atoms with Crippen LogP contribution in [0.1, 0.15) is 32.4 Å². The van der Waals surface area contributed by atoms with Crippen molar-refractivity contribution in [3.63, 3.8) is 0 Å². The van der Waals surface area contributed by atoms with Crippen molar-refractivity contribution in [1.29, 1.82) is 0 Å². The van der Waals surface area contributed by atoms with E-state index in [0.29, 0.717) is 17.9 Å². The molecular weight excluding hydrogens is 304 g/mol. The zero-order chi connectivity index (χ0) is 17.6.